The summed E-state index contributed by atoms with van der Waals surface area (Å²) in [6.45, 7) is 0.514. The molecule has 0 unspecified atom stereocenters. The fourth-order valence-corrected chi connectivity index (χ4v) is 2.28. The molecule has 0 bridgehead atoms. The van der Waals surface area contributed by atoms with Crippen molar-refractivity contribution >= 4 is 11.2 Å². The molecule has 0 atom stereocenters. The maximum absolute atomic E-state index is 9.90. The van der Waals surface area contributed by atoms with Crippen LogP contribution in [0.25, 0.3) is 11.2 Å². The molecule has 5 heteroatoms. The Hall–Kier alpha value is -2.40. The number of rotatable bonds is 4. The topological polar surface area (TPSA) is 71.2 Å². The van der Waals surface area contributed by atoms with Gasteiger partial charge in [-0.25, -0.2) is 9.97 Å². The van der Waals surface area contributed by atoms with Gasteiger partial charge < -0.3 is 14.8 Å². The third-order valence-corrected chi connectivity index (χ3v) is 3.24. The standard InChI is InChI=1S/C15H15N3O2/c19-9-7-14-17-12-5-3-8-16-15(12)18(14)10-11-4-1-2-6-13(11)20/h1-6,8,19-20H,7,9-10H2. The lowest BCUT2D eigenvalue weighted by Crippen LogP contribution is -2.07. The van der Waals surface area contributed by atoms with Crippen molar-refractivity contribution in [3.63, 3.8) is 0 Å². The number of pyridine rings is 1. The molecule has 2 N–H and O–H groups in total. The number of hydrogen-bond acceptors (Lipinski definition) is 4. The second-order valence-corrected chi connectivity index (χ2v) is 4.56. The van der Waals surface area contributed by atoms with Crippen molar-refractivity contribution in [2.45, 2.75) is 13.0 Å². The van der Waals surface area contributed by atoms with E-state index in [9.17, 15) is 5.11 Å². The van der Waals surface area contributed by atoms with Crippen molar-refractivity contribution in [1.82, 2.24) is 14.5 Å². The molecule has 0 aliphatic rings. The number of phenolic OH excluding ortho intramolecular Hbond substituents is 1. The first-order valence-electron chi connectivity index (χ1n) is 6.47. The van der Waals surface area contributed by atoms with Gasteiger partial charge in [-0.1, -0.05) is 18.2 Å². The van der Waals surface area contributed by atoms with E-state index >= 15 is 0 Å². The number of aliphatic hydroxyl groups excluding tert-OH is 1. The molecule has 0 fully saturated rings. The zero-order valence-electron chi connectivity index (χ0n) is 10.9. The Kier molecular flexibility index (Phi) is 3.35. The second-order valence-electron chi connectivity index (χ2n) is 4.56. The van der Waals surface area contributed by atoms with Gasteiger partial charge in [0.25, 0.3) is 0 Å². The second kappa shape index (κ2) is 5.30. The molecule has 2 heterocycles. The Morgan fingerprint density at radius 3 is 2.75 bits per heavy atom. The van der Waals surface area contributed by atoms with Gasteiger partial charge in [0.05, 0.1) is 13.2 Å². The Labute approximate surface area is 116 Å². The van der Waals surface area contributed by atoms with Crippen molar-refractivity contribution in [2.75, 3.05) is 6.61 Å². The third kappa shape index (κ3) is 2.23. The quantitative estimate of drug-likeness (QED) is 0.756. The van der Waals surface area contributed by atoms with Gasteiger partial charge >= 0.3 is 0 Å². The van der Waals surface area contributed by atoms with Gasteiger partial charge in [0.2, 0.25) is 0 Å². The summed E-state index contributed by atoms with van der Waals surface area (Å²) in [5.74, 6) is 1.02. The van der Waals surface area contributed by atoms with Crippen LogP contribution >= 0.6 is 0 Å². The minimum atomic E-state index is 0.0318. The van der Waals surface area contributed by atoms with Gasteiger partial charge in [-0.05, 0) is 18.2 Å². The number of benzene rings is 1. The average Bonchev–Trinajstić information content (AvgIpc) is 2.80. The highest BCUT2D eigenvalue weighted by Crippen LogP contribution is 2.21. The number of para-hydroxylation sites is 1. The van der Waals surface area contributed by atoms with Crippen LogP contribution in [0.3, 0.4) is 0 Å². The van der Waals surface area contributed by atoms with E-state index in [0.717, 1.165) is 22.6 Å². The zero-order valence-corrected chi connectivity index (χ0v) is 10.9. The van der Waals surface area contributed by atoms with Crippen LogP contribution in [-0.2, 0) is 13.0 Å². The molecular formula is C15H15N3O2. The van der Waals surface area contributed by atoms with Crippen LogP contribution in [0.4, 0.5) is 0 Å². The van der Waals surface area contributed by atoms with E-state index in [4.69, 9.17) is 5.11 Å². The normalized spacial score (nSPS) is 11.1. The smallest absolute Gasteiger partial charge is 0.160 e. The number of imidazole rings is 1. The van der Waals surface area contributed by atoms with E-state index in [1.54, 1.807) is 18.3 Å². The largest absolute Gasteiger partial charge is 0.508 e. The number of aromatic nitrogens is 3. The van der Waals surface area contributed by atoms with Crippen LogP contribution in [0.2, 0.25) is 0 Å². The highest BCUT2D eigenvalue weighted by Gasteiger charge is 2.12. The molecular weight excluding hydrogens is 254 g/mol. The van der Waals surface area contributed by atoms with Crippen LogP contribution in [0.1, 0.15) is 11.4 Å². The van der Waals surface area contributed by atoms with Crippen molar-refractivity contribution in [3.8, 4) is 5.75 Å². The number of phenols is 1. The Bertz CT molecular complexity index is 737. The number of aliphatic hydroxyl groups is 1. The summed E-state index contributed by atoms with van der Waals surface area (Å²) in [4.78, 5) is 8.83. The fourth-order valence-electron chi connectivity index (χ4n) is 2.28. The third-order valence-electron chi connectivity index (χ3n) is 3.24. The van der Waals surface area contributed by atoms with E-state index in [0.29, 0.717) is 13.0 Å². The summed E-state index contributed by atoms with van der Waals surface area (Å²) in [6, 6.07) is 10.9. The Balaban J connectivity index is 2.09. The lowest BCUT2D eigenvalue weighted by molar-refractivity contribution is 0.295. The van der Waals surface area contributed by atoms with Gasteiger partial charge in [-0.3, -0.25) is 0 Å². The van der Waals surface area contributed by atoms with Gasteiger partial charge in [-0.15, -0.1) is 0 Å². The average molecular weight is 269 g/mol. The maximum atomic E-state index is 9.90. The van der Waals surface area contributed by atoms with E-state index in [1.165, 1.54) is 0 Å². The van der Waals surface area contributed by atoms with Crippen LogP contribution < -0.4 is 0 Å². The first-order valence-corrected chi connectivity index (χ1v) is 6.47. The molecule has 5 nitrogen and oxygen atoms in total. The number of aromatic hydroxyl groups is 1. The van der Waals surface area contributed by atoms with Crippen molar-refractivity contribution in [2.24, 2.45) is 0 Å². The predicted octanol–water partition coefficient (Wildman–Crippen LogP) is 1.72. The number of nitrogens with zero attached hydrogens (tertiary/aromatic N) is 3. The van der Waals surface area contributed by atoms with E-state index in [-0.39, 0.29) is 12.4 Å². The minimum Gasteiger partial charge on any atom is -0.508 e. The van der Waals surface area contributed by atoms with E-state index in [1.807, 2.05) is 28.8 Å². The van der Waals surface area contributed by atoms with Crippen LogP contribution in [0.5, 0.6) is 5.75 Å². The first kappa shape index (κ1) is 12.6. The number of fused-ring (bicyclic) bond motifs is 1. The molecule has 0 saturated heterocycles. The minimum absolute atomic E-state index is 0.0318. The molecule has 0 aliphatic heterocycles. The van der Waals surface area contributed by atoms with Crippen LogP contribution in [-0.4, -0.2) is 31.4 Å². The molecule has 0 aliphatic carbocycles. The molecule has 3 rings (SSSR count). The summed E-state index contributed by atoms with van der Waals surface area (Å²) < 4.78 is 1.93. The zero-order chi connectivity index (χ0) is 13.9. The highest BCUT2D eigenvalue weighted by molar-refractivity contribution is 5.71. The van der Waals surface area contributed by atoms with Crippen LogP contribution in [0.15, 0.2) is 42.6 Å². The molecule has 102 valence electrons. The molecule has 20 heavy (non-hydrogen) atoms. The molecule has 1 aromatic carbocycles. The summed E-state index contributed by atoms with van der Waals surface area (Å²) in [7, 11) is 0. The lowest BCUT2D eigenvalue weighted by Gasteiger charge is -2.09. The van der Waals surface area contributed by atoms with Crippen molar-refractivity contribution in [1.29, 1.82) is 0 Å². The van der Waals surface area contributed by atoms with Gasteiger partial charge in [-0.2, -0.15) is 0 Å². The van der Waals surface area contributed by atoms with E-state index < -0.39 is 0 Å². The molecule has 2 aromatic heterocycles. The van der Waals surface area contributed by atoms with Crippen molar-refractivity contribution in [3.05, 3.63) is 54.0 Å². The summed E-state index contributed by atoms with van der Waals surface area (Å²) >= 11 is 0. The Morgan fingerprint density at radius 1 is 1.10 bits per heavy atom. The molecule has 0 amide bonds. The highest BCUT2D eigenvalue weighted by atomic mass is 16.3. The van der Waals surface area contributed by atoms with E-state index in [2.05, 4.69) is 9.97 Å². The summed E-state index contributed by atoms with van der Waals surface area (Å²) in [6.07, 6.45) is 2.18. The van der Waals surface area contributed by atoms with Gasteiger partial charge in [0.15, 0.2) is 5.65 Å². The fraction of sp³-hybridized carbons (Fsp3) is 0.200. The first-order chi connectivity index (χ1) is 9.79. The molecule has 0 radical (unpaired) electrons. The predicted molar refractivity (Wildman–Crippen MR) is 75.5 cm³/mol. The summed E-state index contributed by atoms with van der Waals surface area (Å²) in [5.41, 5.74) is 2.36. The number of hydrogen-bond donors (Lipinski definition) is 2. The molecule has 0 spiro atoms. The van der Waals surface area contributed by atoms with Crippen LogP contribution in [0, 0.1) is 0 Å². The summed E-state index contributed by atoms with van der Waals surface area (Å²) in [5, 5.41) is 19.1. The maximum Gasteiger partial charge on any atom is 0.160 e. The molecule has 3 aromatic rings. The SMILES string of the molecule is OCCc1nc2cccnc2n1Cc1ccccc1O. The van der Waals surface area contributed by atoms with Gasteiger partial charge in [0, 0.05) is 18.2 Å². The molecule has 0 saturated carbocycles. The monoisotopic (exact) mass is 269 g/mol. The van der Waals surface area contributed by atoms with Gasteiger partial charge in [0.1, 0.15) is 17.1 Å². The lowest BCUT2D eigenvalue weighted by atomic mass is 10.2. The Morgan fingerprint density at radius 2 is 1.95 bits per heavy atom. The van der Waals surface area contributed by atoms with Crippen molar-refractivity contribution < 1.29 is 10.2 Å².